The average molecular weight is 517 g/mol. The third-order valence-electron chi connectivity index (χ3n) is 4.46. The molecular formula is C17H17FN3VW-. The number of hydrogen-bond donors (Lipinski definition) is 0. The standard InChI is InChI=1S/C17H17FN3.V.W/c1-11-10-21(13-5-6-13)16-14(12(11)2)9-15(18)17(19-16)20-7-3-4-8-20;;/h3,9-10,13H,2,5-8H2,1H3;;/q-1;;. The van der Waals surface area contributed by atoms with Crippen LogP contribution in [0.25, 0.3) is 5.57 Å². The predicted octanol–water partition coefficient (Wildman–Crippen LogP) is 2.86. The zero-order chi connectivity index (χ0) is 15.4. The van der Waals surface area contributed by atoms with Crippen molar-refractivity contribution in [2.24, 2.45) is 0 Å². The molecule has 119 valence electrons. The van der Waals surface area contributed by atoms with Gasteiger partial charge >= 0.3 is 139 Å². The average Bonchev–Trinajstić information content (AvgIpc) is 3.24. The molecule has 3 aliphatic rings. The number of nitrogens with zero attached hydrogens (tertiary/aromatic N) is 3. The molecule has 0 radical (unpaired) electrons. The van der Waals surface area contributed by atoms with Gasteiger partial charge in [0.1, 0.15) is 0 Å². The van der Waals surface area contributed by atoms with Gasteiger partial charge in [-0.1, -0.05) is 0 Å². The van der Waals surface area contributed by atoms with Crippen molar-refractivity contribution in [1.29, 1.82) is 0 Å². The first kappa shape index (κ1) is 17.1. The Bertz CT molecular complexity index is 727. The van der Waals surface area contributed by atoms with Crippen molar-refractivity contribution in [3.63, 3.8) is 0 Å². The van der Waals surface area contributed by atoms with E-state index in [1.807, 2.05) is 11.8 Å². The number of halogens is 1. The first-order valence-corrected chi connectivity index (χ1v) is 8.24. The van der Waals surface area contributed by atoms with Crippen molar-refractivity contribution < 1.29 is 42.4 Å². The molecule has 0 N–H and O–H groups in total. The fourth-order valence-corrected chi connectivity index (χ4v) is 3.40. The van der Waals surface area contributed by atoms with Crippen molar-refractivity contribution in [2.45, 2.75) is 25.8 Å². The van der Waals surface area contributed by atoms with Crippen LogP contribution in [0.1, 0.15) is 25.3 Å². The molecule has 1 aromatic rings. The van der Waals surface area contributed by atoms with Crippen LogP contribution in [-0.2, 0) is 38.0 Å². The minimum atomic E-state index is -0.263. The molecule has 0 amide bonds. The van der Waals surface area contributed by atoms with Gasteiger partial charge in [0.15, 0.2) is 0 Å². The van der Waals surface area contributed by atoms with E-state index in [1.165, 1.54) is 17.1 Å². The van der Waals surface area contributed by atoms with Gasteiger partial charge in [-0.05, 0) is 0 Å². The number of hydrogen-bond acceptors (Lipinski definition) is 3. The van der Waals surface area contributed by atoms with Gasteiger partial charge in [-0.25, -0.2) is 0 Å². The molecule has 0 bridgehead atoms. The molecule has 1 aliphatic carbocycles. The van der Waals surface area contributed by atoms with Gasteiger partial charge < -0.3 is 0 Å². The summed E-state index contributed by atoms with van der Waals surface area (Å²) in [6.45, 7) is 7.57. The van der Waals surface area contributed by atoms with Crippen LogP contribution in [0.3, 0.4) is 0 Å². The van der Waals surface area contributed by atoms with Crippen molar-refractivity contribution in [3.8, 4) is 0 Å². The molecule has 3 nitrogen and oxygen atoms in total. The number of fused-ring (bicyclic) bond motifs is 1. The van der Waals surface area contributed by atoms with Crippen LogP contribution in [0.4, 0.5) is 16.0 Å². The molecule has 4 rings (SSSR count). The van der Waals surface area contributed by atoms with Gasteiger partial charge in [-0.3, -0.25) is 0 Å². The predicted molar refractivity (Wildman–Crippen MR) is 84.0 cm³/mol. The van der Waals surface area contributed by atoms with Gasteiger partial charge in [0, 0.05) is 21.1 Å². The Morgan fingerprint density at radius 2 is 2.13 bits per heavy atom. The molecule has 2 aliphatic heterocycles. The third kappa shape index (κ3) is 3.02. The topological polar surface area (TPSA) is 19.4 Å². The number of rotatable bonds is 2. The summed E-state index contributed by atoms with van der Waals surface area (Å²) in [6.07, 6.45) is 6.56. The molecular weight excluding hydrogens is 500 g/mol. The minimum absolute atomic E-state index is 0. The first-order chi connectivity index (χ1) is 10.5. The van der Waals surface area contributed by atoms with E-state index >= 15 is 0 Å². The maximum atomic E-state index is 14.6. The monoisotopic (exact) mass is 517 g/mol. The van der Waals surface area contributed by atoms with E-state index in [9.17, 15) is 4.39 Å². The van der Waals surface area contributed by atoms with Crippen molar-refractivity contribution in [1.82, 2.24) is 4.98 Å². The molecule has 6 heteroatoms. The Morgan fingerprint density at radius 3 is 2.74 bits per heavy atom. The SMILES string of the molecule is C=C1C(C)=CN(C2CC2)c2nc(N3C[CH-][C](=[V])C3)c(F)cc21.[W]. The van der Waals surface area contributed by atoms with E-state index in [0.717, 1.165) is 29.1 Å². The molecule has 0 aromatic carbocycles. The summed E-state index contributed by atoms with van der Waals surface area (Å²) >= 11 is 2.54. The maximum Gasteiger partial charge on any atom is 0 e. The third-order valence-corrected chi connectivity index (χ3v) is 4.96. The second-order valence-corrected chi connectivity index (χ2v) is 7.07. The number of anilines is 2. The van der Waals surface area contributed by atoms with Gasteiger partial charge in [-0.2, -0.15) is 0 Å². The summed E-state index contributed by atoms with van der Waals surface area (Å²) in [5, 5.41) is 0. The number of aromatic nitrogens is 1. The van der Waals surface area contributed by atoms with Crippen molar-refractivity contribution in [3.05, 3.63) is 42.2 Å². The zero-order valence-electron chi connectivity index (χ0n) is 12.9. The fourth-order valence-electron chi connectivity index (χ4n) is 3.00. The van der Waals surface area contributed by atoms with E-state index < -0.39 is 0 Å². The number of allylic oxidation sites excluding steroid dienone is 2. The quantitative estimate of drug-likeness (QED) is 0.564. The van der Waals surface area contributed by atoms with Crippen LogP contribution in [0.5, 0.6) is 0 Å². The Morgan fingerprint density at radius 1 is 1.39 bits per heavy atom. The minimum Gasteiger partial charge on any atom is 0 e. The molecule has 3 heterocycles. The van der Waals surface area contributed by atoms with E-state index in [0.29, 0.717) is 18.4 Å². The molecule has 0 spiro atoms. The molecule has 0 atom stereocenters. The van der Waals surface area contributed by atoms with E-state index in [4.69, 9.17) is 0 Å². The normalized spacial score (nSPS) is 20.3. The summed E-state index contributed by atoms with van der Waals surface area (Å²) < 4.78 is 15.8. The van der Waals surface area contributed by atoms with Crippen LogP contribution in [0.15, 0.2) is 24.4 Å². The Labute approximate surface area is 159 Å². The first-order valence-electron chi connectivity index (χ1n) is 7.54. The molecule has 1 saturated carbocycles. The molecule has 1 aromatic heterocycles. The van der Waals surface area contributed by atoms with Crippen LogP contribution in [0.2, 0.25) is 0 Å². The van der Waals surface area contributed by atoms with Crippen molar-refractivity contribution in [2.75, 3.05) is 22.9 Å². The van der Waals surface area contributed by atoms with Crippen LogP contribution < -0.4 is 9.80 Å². The Kier molecular flexibility index (Phi) is 4.70. The molecule has 0 unspecified atom stereocenters. The number of pyridine rings is 1. The van der Waals surface area contributed by atoms with Crippen LogP contribution in [0, 0.1) is 12.2 Å². The fraction of sp³-hybridized carbons (Fsp3) is 0.353. The Hall–Kier alpha value is -0.697. The second-order valence-electron chi connectivity index (χ2n) is 6.17. The van der Waals surface area contributed by atoms with Gasteiger partial charge in [0.25, 0.3) is 0 Å². The zero-order valence-corrected chi connectivity index (χ0v) is 17.3. The van der Waals surface area contributed by atoms with Gasteiger partial charge in [-0.15, -0.1) is 0 Å². The second kappa shape index (κ2) is 6.31. The van der Waals surface area contributed by atoms with Gasteiger partial charge in [0.2, 0.25) is 0 Å². The summed E-state index contributed by atoms with van der Waals surface area (Å²) in [7, 11) is 0. The van der Waals surface area contributed by atoms with Crippen molar-refractivity contribution >= 4 is 21.4 Å². The smallest absolute Gasteiger partial charge is 0 e. The van der Waals surface area contributed by atoms with E-state index in [2.05, 4.69) is 46.1 Å². The summed E-state index contributed by atoms with van der Waals surface area (Å²) in [4.78, 5) is 8.87. The molecule has 1 saturated heterocycles. The maximum absolute atomic E-state index is 14.6. The molecule has 23 heavy (non-hydrogen) atoms. The van der Waals surface area contributed by atoms with E-state index in [1.54, 1.807) is 6.07 Å². The summed E-state index contributed by atoms with van der Waals surface area (Å²) in [6, 6.07) is 2.11. The van der Waals surface area contributed by atoms with E-state index in [-0.39, 0.29) is 26.9 Å². The molecule has 2 fully saturated rings. The largest absolute Gasteiger partial charge is 0 e. The van der Waals surface area contributed by atoms with Crippen LogP contribution >= 0.6 is 0 Å². The Balaban J connectivity index is 0.00000156. The summed E-state index contributed by atoms with van der Waals surface area (Å²) in [5.74, 6) is 1.04. The van der Waals surface area contributed by atoms with Crippen LogP contribution in [-0.4, -0.2) is 28.3 Å². The summed E-state index contributed by atoms with van der Waals surface area (Å²) in [5.41, 5.74) is 2.79. The van der Waals surface area contributed by atoms with Gasteiger partial charge in [0.05, 0.1) is 0 Å².